The Hall–Kier alpha value is -3.38. The zero-order chi connectivity index (χ0) is 20.9. The maximum absolute atomic E-state index is 13.1. The molecule has 4 aromatic rings. The monoisotopic (exact) mass is 460 g/mol. The average molecular weight is 461 g/mol. The first-order valence-electron chi connectivity index (χ1n) is 9.32. The van der Waals surface area contributed by atoms with Crippen molar-refractivity contribution >= 4 is 28.1 Å². The fourth-order valence-electron chi connectivity index (χ4n) is 2.86. The molecule has 1 heterocycles. The zero-order valence-electron chi connectivity index (χ0n) is 16.2. The van der Waals surface area contributed by atoms with Crippen LogP contribution in [-0.4, -0.2) is 23.2 Å². The van der Waals surface area contributed by atoms with Gasteiger partial charge in [0.15, 0.2) is 0 Å². The van der Waals surface area contributed by atoms with Gasteiger partial charge in [0.05, 0.1) is 17.6 Å². The van der Waals surface area contributed by atoms with Gasteiger partial charge in [-0.1, -0.05) is 70.5 Å². The predicted octanol–water partition coefficient (Wildman–Crippen LogP) is 6.18. The van der Waals surface area contributed by atoms with Crippen molar-refractivity contribution in [2.75, 3.05) is 12.1 Å². The fraction of sp³-hybridized carbons (Fsp3) is 0.0417. The number of benzene rings is 3. The first-order valence-corrected chi connectivity index (χ1v) is 10.1. The van der Waals surface area contributed by atoms with E-state index >= 15 is 0 Å². The number of hydrogen-bond donors (Lipinski definition) is 0. The van der Waals surface area contributed by atoms with Crippen LogP contribution < -0.4 is 5.01 Å². The fourth-order valence-corrected chi connectivity index (χ4v) is 3.12. The number of hydrazone groups is 1. The molecule has 0 atom stereocenters. The summed E-state index contributed by atoms with van der Waals surface area (Å²) in [6, 6.07) is 26.0. The number of halogens is 2. The molecule has 1 aromatic heterocycles. The maximum Gasteiger partial charge on any atom is 0.247 e. The van der Waals surface area contributed by atoms with E-state index < -0.39 is 0 Å². The molecule has 0 saturated carbocycles. The normalized spacial score (nSPS) is 11.0. The van der Waals surface area contributed by atoms with Crippen molar-refractivity contribution in [2.45, 2.75) is 0 Å². The molecule has 0 saturated heterocycles. The van der Waals surface area contributed by atoms with E-state index in [-0.39, 0.29) is 5.82 Å². The lowest BCUT2D eigenvalue weighted by Gasteiger charge is -2.14. The first kappa shape index (κ1) is 19.9. The predicted molar refractivity (Wildman–Crippen MR) is 123 cm³/mol. The highest BCUT2D eigenvalue weighted by molar-refractivity contribution is 9.10. The van der Waals surface area contributed by atoms with Gasteiger partial charge in [-0.3, -0.25) is 0 Å². The van der Waals surface area contributed by atoms with Gasteiger partial charge in [-0.2, -0.15) is 5.10 Å². The lowest BCUT2D eigenvalue weighted by atomic mass is 10.1. The third kappa shape index (κ3) is 4.78. The van der Waals surface area contributed by atoms with Crippen molar-refractivity contribution in [1.82, 2.24) is 9.97 Å². The van der Waals surface area contributed by atoms with Gasteiger partial charge in [-0.25, -0.2) is 19.4 Å². The minimum atomic E-state index is -0.279. The van der Waals surface area contributed by atoms with Crippen molar-refractivity contribution in [3.63, 3.8) is 0 Å². The third-order valence-electron chi connectivity index (χ3n) is 4.46. The molecule has 6 heteroatoms. The lowest BCUT2D eigenvalue weighted by molar-refractivity contribution is 0.628. The molecule has 3 aromatic carbocycles. The summed E-state index contributed by atoms with van der Waals surface area (Å²) in [4.78, 5) is 9.42. The Balaban J connectivity index is 1.73. The molecule has 30 heavy (non-hydrogen) atoms. The largest absolute Gasteiger partial charge is 0.247 e. The van der Waals surface area contributed by atoms with Gasteiger partial charge in [0.25, 0.3) is 0 Å². The van der Waals surface area contributed by atoms with E-state index in [9.17, 15) is 4.39 Å². The van der Waals surface area contributed by atoms with E-state index in [2.05, 4.69) is 21.0 Å². The minimum Gasteiger partial charge on any atom is -0.235 e. The molecular formula is C24H18BrFN4. The molecule has 0 aliphatic heterocycles. The van der Waals surface area contributed by atoms with Gasteiger partial charge >= 0.3 is 0 Å². The summed E-state index contributed by atoms with van der Waals surface area (Å²) in [5, 5.41) is 6.04. The Morgan fingerprint density at radius 1 is 0.833 bits per heavy atom. The Kier molecular flexibility index (Phi) is 5.95. The molecule has 0 fully saturated rings. The Morgan fingerprint density at radius 3 is 2.07 bits per heavy atom. The summed E-state index contributed by atoms with van der Waals surface area (Å²) in [7, 11) is 1.79. The van der Waals surface area contributed by atoms with E-state index in [0.29, 0.717) is 5.95 Å². The molecule has 0 radical (unpaired) electrons. The second-order valence-electron chi connectivity index (χ2n) is 6.63. The van der Waals surface area contributed by atoms with Crippen molar-refractivity contribution in [3.8, 4) is 22.5 Å². The highest BCUT2D eigenvalue weighted by Gasteiger charge is 2.11. The van der Waals surface area contributed by atoms with Crippen LogP contribution in [0, 0.1) is 5.82 Å². The van der Waals surface area contributed by atoms with Crippen molar-refractivity contribution < 1.29 is 4.39 Å². The smallest absolute Gasteiger partial charge is 0.235 e. The second-order valence-corrected chi connectivity index (χ2v) is 7.55. The quantitative estimate of drug-likeness (QED) is 0.263. The summed E-state index contributed by atoms with van der Waals surface area (Å²) < 4.78 is 14.1. The van der Waals surface area contributed by atoms with Gasteiger partial charge in [0, 0.05) is 22.6 Å². The van der Waals surface area contributed by atoms with Gasteiger partial charge < -0.3 is 0 Å². The first-order chi connectivity index (χ1) is 14.6. The lowest BCUT2D eigenvalue weighted by Crippen LogP contribution is -2.13. The van der Waals surface area contributed by atoms with E-state index in [1.54, 1.807) is 30.4 Å². The van der Waals surface area contributed by atoms with E-state index in [1.165, 1.54) is 12.1 Å². The van der Waals surface area contributed by atoms with Gasteiger partial charge in [-0.15, -0.1) is 0 Å². The third-order valence-corrected chi connectivity index (χ3v) is 4.99. The number of rotatable bonds is 5. The summed E-state index contributed by atoms with van der Waals surface area (Å²) in [6.45, 7) is 0. The Bertz CT molecular complexity index is 1160. The molecule has 0 unspecified atom stereocenters. The highest BCUT2D eigenvalue weighted by Crippen LogP contribution is 2.27. The molecular weight excluding hydrogens is 443 g/mol. The van der Waals surface area contributed by atoms with Crippen LogP contribution >= 0.6 is 15.9 Å². The Labute approximate surface area is 182 Å². The zero-order valence-corrected chi connectivity index (χ0v) is 17.8. The topological polar surface area (TPSA) is 41.4 Å². The van der Waals surface area contributed by atoms with Gasteiger partial charge in [0.2, 0.25) is 5.95 Å². The maximum atomic E-state index is 13.1. The van der Waals surface area contributed by atoms with E-state index in [1.807, 2.05) is 60.7 Å². The number of aromatic nitrogens is 2. The van der Waals surface area contributed by atoms with Crippen LogP contribution in [0.1, 0.15) is 5.56 Å². The van der Waals surface area contributed by atoms with Crippen LogP contribution in [0.15, 0.2) is 94.5 Å². The van der Waals surface area contributed by atoms with Crippen LogP contribution in [0.5, 0.6) is 0 Å². The van der Waals surface area contributed by atoms with Crippen LogP contribution in [0.25, 0.3) is 22.5 Å². The molecule has 0 aliphatic carbocycles. The molecule has 0 spiro atoms. The molecule has 4 rings (SSSR count). The van der Waals surface area contributed by atoms with Crippen LogP contribution in [0.2, 0.25) is 0 Å². The van der Waals surface area contributed by atoms with Crippen molar-refractivity contribution in [1.29, 1.82) is 0 Å². The standard InChI is InChI=1S/C24H18BrFN4/c1-30(27-16-17-7-13-21(26)14-8-17)24-28-22(18-5-3-2-4-6-18)15-23(29-24)19-9-11-20(25)12-10-19/h2-16H,1H3/b27-16-. The average Bonchev–Trinajstić information content (AvgIpc) is 2.79. The molecule has 0 aliphatic rings. The summed E-state index contributed by atoms with van der Waals surface area (Å²) in [6.07, 6.45) is 1.65. The number of hydrogen-bond acceptors (Lipinski definition) is 4. The molecule has 4 nitrogen and oxygen atoms in total. The summed E-state index contributed by atoms with van der Waals surface area (Å²) in [5.74, 6) is 0.186. The highest BCUT2D eigenvalue weighted by atomic mass is 79.9. The van der Waals surface area contributed by atoms with E-state index in [0.717, 1.165) is 32.6 Å². The second kappa shape index (κ2) is 8.97. The SMILES string of the molecule is CN(/N=C\c1ccc(F)cc1)c1nc(-c2ccccc2)cc(-c2ccc(Br)cc2)n1. The summed E-state index contributed by atoms with van der Waals surface area (Å²) >= 11 is 3.47. The Morgan fingerprint density at radius 2 is 1.43 bits per heavy atom. The number of nitrogens with zero attached hydrogens (tertiary/aromatic N) is 4. The molecule has 148 valence electrons. The van der Waals surface area contributed by atoms with Gasteiger partial charge in [0.1, 0.15) is 5.82 Å². The van der Waals surface area contributed by atoms with Crippen molar-refractivity contribution in [2.24, 2.45) is 5.10 Å². The van der Waals surface area contributed by atoms with Crippen LogP contribution in [-0.2, 0) is 0 Å². The van der Waals surface area contributed by atoms with Crippen LogP contribution in [0.4, 0.5) is 10.3 Å². The van der Waals surface area contributed by atoms with E-state index in [4.69, 9.17) is 9.97 Å². The van der Waals surface area contributed by atoms with Crippen molar-refractivity contribution in [3.05, 3.63) is 101 Å². The molecule has 0 amide bonds. The summed E-state index contributed by atoms with van der Waals surface area (Å²) in [5.41, 5.74) is 4.37. The minimum absolute atomic E-state index is 0.279. The number of anilines is 1. The molecule has 0 N–H and O–H groups in total. The van der Waals surface area contributed by atoms with Crippen LogP contribution in [0.3, 0.4) is 0 Å². The molecule has 0 bridgehead atoms. The van der Waals surface area contributed by atoms with Gasteiger partial charge in [-0.05, 0) is 35.9 Å².